The van der Waals surface area contributed by atoms with Crippen LogP contribution in [0.1, 0.15) is 30.4 Å². The van der Waals surface area contributed by atoms with Crippen LogP contribution in [-0.2, 0) is 16.1 Å². The van der Waals surface area contributed by atoms with Crippen LogP contribution in [0, 0.1) is 11.3 Å². The molecule has 1 unspecified atom stereocenters. The van der Waals surface area contributed by atoms with Crippen molar-refractivity contribution in [1.82, 2.24) is 10.3 Å². The molecule has 1 atom stereocenters. The number of benzene rings is 3. The van der Waals surface area contributed by atoms with Crippen LogP contribution in [0.25, 0.3) is 10.9 Å². The van der Waals surface area contributed by atoms with E-state index in [9.17, 15) is 10.1 Å². The van der Waals surface area contributed by atoms with Gasteiger partial charge in [0.1, 0.15) is 36.0 Å². The number of nitrogens with zero attached hydrogens (tertiary/aromatic N) is 2. The number of nitriles is 1. The zero-order valence-electron chi connectivity index (χ0n) is 24.1. The number of halogens is 1. The van der Waals surface area contributed by atoms with E-state index in [1.807, 2.05) is 42.5 Å². The molecule has 44 heavy (non-hydrogen) atoms. The van der Waals surface area contributed by atoms with Gasteiger partial charge < -0.3 is 30.2 Å². The molecule has 10 heteroatoms. The molecule has 3 N–H and O–H groups in total. The molecule has 0 aliphatic carbocycles. The van der Waals surface area contributed by atoms with Gasteiger partial charge in [0, 0.05) is 29.8 Å². The molecule has 3 aromatic carbocycles. The Morgan fingerprint density at radius 1 is 1.11 bits per heavy atom. The van der Waals surface area contributed by atoms with Gasteiger partial charge in [-0.25, -0.2) is 0 Å². The number of ether oxygens (including phenoxy) is 3. The third-order valence-corrected chi connectivity index (χ3v) is 7.87. The van der Waals surface area contributed by atoms with Crippen molar-refractivity contribution < 1.29 is 19.0 Å². The zero-order chi connectivity index (χ0) is 30.3. The molecule has 2 aliphatic heterocycles. The molecule has 6 rings (SSSR count). The van der Waals surface area contributed by atoms with Crippen molar-refractivity contribution in [3.63, 3.8) is 0 Å². The SMILES string of the molecule is N#Cc1cnc2c(NC(=O)C=C3CCNCC3)c(OC3CCOC3)ccc2c1Nc1ccc(OCc2ccccc2)c(Cl)c1. The van der Waals surface area contributed by atoms with Crippen LogP contribution in [0.4, 0.5) is 17.1 Å². The summed E-state index contributed by atoms with van der Waals surface area (Å²) < 4.78 is 17.7. The summed E-state index contributed by atoms with van der Waals surface area (Å²) in [4.78, 5) is 17.8. The van der Waals surface area contributed by atoms with Gasteiger partial charge in [-0.05, 0) is 61.8 Å². The molecule has 4 aromatic rings. The van der Waals surface area contributed by atoms with Crippen LogP contribution in [0.15, 0.2) is 78.5 Å². The second-order valence-electron chi connectivity index (χ2n) is 10.7. The lowest BCUT2D eigenvalue weighted by atomic mass is 10.0. The average molecular weight is 610 g/mol. The monoisotopic (exact) mass is 609 g/mol. The number of pyridine rings is 1. The maximum absolute atomic E-state index is 13.2. The van der Waals surface area contributed by atoms with E-state index in [4.69, 9.17) is 25.8 Å². The number of carbonyl (C=O) groups is 1. The summed E-state index contributed by atoms with van der Waals surface area (Å²) in [6, 6.07) is 21.1. The van der Waals surface area contributed by atoms with Crippen LogP contribution < -0.4 is 25.4 Å². The van der Waals surface area contributed by atoms with E-state index in [1.165, 1.54) is 6.20 Å². The van der Waals surface area contributed by atoms with Gasteiger partial charge in [0.05, 0.1) is 35.0 Å². The molecule has 2 fully saturated rings. The molecular formula is C34H32ClN5O4. The highest BCUT2D eigenvalue weighted by atomic mass is 35.5. The molecule has 0 bridgehead atoms. The number of hydrogen-bond acceptors (Lipinski definition) is 8. The quantitative estimate of drug-likeness (QED) is 0.184. The van der Waals surface area contributed by atoms with E-state index < -0.39 is 0 Å². The van der Waals surface area contributed by atoms with Gasteiger partial charge >= 0.3 is 0 Å². The third kappa shape index (κ3) is 6.95. The number of carbonyl (C=O) groups excluding carboxylic acids is 1. The highest BCUT2D eigenvalue weighted by Crippen LogP contribution is 2.39. The van der Waals surface area contributed by atoms with Crippen molar-refractivity contribution in [3.05, 3.63) is 94.7 Å². The Kier molecular flexibility index (Phi) is 9.22. The van der Waals surface area contributed by atoms with Crippen LogP contribution in [0.2, 0.25) is 5.02 Å². The van der Waals surface area contributed by atoms with Gasteiger partial charge in [0.15, 0.2) is 0 Å². The maximum Gasteiger partial charge on any atom is 0.248 e. The summed E-state index contributed by atoms with van der Waals surface area (Å²) >= 11 is 6.59. The first-order chi connectivity index (χ1) is 21.6. The lowest BCUT2D eigenvalue weighted by Gasteiger charge is -2.20. The van der Waals surface area contributed by atoms with Gasteiger partial charge in [0.2, 0.25) is 5.91 Å². The predicted molar refractivity (Wildman–Crippen MR) is 171 cm³/mol. The second-order valence-corrected chi connectivity index (χ2v) is 11.1. The summed E-state index contributed by atoms with van der Waals surface area (Å²) in [6.45, 7) is 3.18. The lowest BCUT2D eigenvalue weighted by molar-refractivity contribution is -0.112. The molecule has 2 saturated heterocycles. The number of hydrogen-bond donors (Lipinski definition) is 3. The Labute approximate surface area is 260 Å². The minimum Gasteiger partial charge on any atom is -0.487 e. The molecule has 0 spiro atoms. The Balaban J connectivity index is 1.32. The number of rotatable bonds is 9. The number of amides is 1. The topological polar surface area (TPSA) is 118 Å². The van der Waals surface area contributed by atoms with Gasteiger partial charge in [-0.3, -0.25) is 9.78 Å². The summed E-state index contributed by atoms with van der Waals surface area (Å²) in [5.74, 6) is 0.795. The number of aromatic nitrogens is 1. The zero-order valence-corrected chi connectivity index (χ0v) is 24.8. The number of anilines is 3. The van der Waals surface area contributed by atoms with Crippen molar-refractivity contribution in [2.24, 2.45) is 0 Å². The smallest absolute Gasteiger partial charge is 0.248 e. The van der Waals surface area contributed by atoms with Crippen molar-refractivity contribution in [2.75, 3.05) is 36.9 Å². The predicted octanol–water partition coefficient (Wildman–Crippen LogP) is 6.50. The molecule has 1 amide bonds. The van der Waals surface area contributed by atoms with Crippen LogP contribution in [-0.4, -0.2) is 43.3 Å². The first-order valence-electron chi connectivity index (χ1n) is 14.6. The Morgan fingerprint density at radius 3 is 2.68 bits per heavy atom. The highest BCUT2D eigenvalue weighted by molar-refractivity contribution is 6.32. The molecule has 3 heterocycles. The Bertz CT molecular complexity index is 1720. The Hall–Kier alpha value is -4.62. The van der Waals surface area contributed by atoms with Crippen LogP contribution in [0.3, 0.4) is 0 Å². The standard InChI is InChI=1S/C34H32ClN5O4/c35-28-17-25(6-8-29(28)43-20-23-4-2-1-3-5-23)39-32-24(18-36)19-38-33-27(32)7-9-30(44-26-12-15-42-21-26)34(33)40-31(41)16-22-10-13-37-14-11-22/h1-9,16-17,19,26,37H,10-15,20-21H2,(H,38,39)(H,40,41). The number of nitrogens with one attached hydrogen (secondary N) is 3. The normalized spacial score (nSPS) is 16.3. The summed E-state index contributed by atoms with van der Waals surface area (Å²) in [7, 11) is 0. The van der Waals surface area contributed by atoms with Crippen LogP contribution in [0.5, 0.6) is 11.5 Å². The average Bonchev–Trinajstić information content (AvgIpc) is 3.56. The first kappa shape index (κ1) is 29.5. The second kappa shape index (κ2) is 13.8. The summed E-state index contributed by atoms with van der Waals surface area (Å²) in [5.41, 5.74) is 4.60. The minimum absolute atomic E-state index is 0.133. The first-order valence-corrected chi connectivity index (χ1v) is 15.0. The van der Waals surface area contributed by atoms with E-state index >= 15 is 0 Å². The van der Waals surface area contributed by atoms with E-state index in [0.29, 0.717) is 69.9 Å². The van der Waals surface area contributed by atoms with E-state index in [-0.39, 0.29) is 12.0 Å². The number of piperidine rings is 1. The molecule has 0 radical (unpaired) electrons. The van der Waals surface area contributed by atoms with E-state index in [0.717, 1.165) is 43.5 Å². The van der Waals surface area contributed by atoms with Gasteiger partial charge in [0.25, 0.3) is 0 Å². The van der Waals surface area contributed by atoms with Gasteiger partial charge in [-0.1, -0.05) is 47.5 Å². The van der Waals surface area contributed by atoms with E-state index in [2.05, 4.69) is 27.0 Å². The molecule has 9 nitrogen and oxygen atoms in total. The van der Waals surface area contributed by atoms with Crippen molar-refractivity contribution >= 4 is 45.5 Å². The van der Waals surface area contributed by atoms with Gasteiger partial charge in [-0.2, -0.15) is 5.26 Å². The van der Waals surface area contributed by atoms with Crippen molar-refractivity contribution in [2.45, 2.75) is 32.0 Å². The summed E-state index contributed by atoms with van der Waals surface area (Å²) in [6.07, 6.45) is 5.42. The maximum atomic E-state index is 13.2. The highest BCUT2D eigenvalue weighted by Gasteiger charge is 2.23. The van der Waals surface area contributed by atoms with Gasteiger partial charge in [-0.15, -0.1) is 0 Å². The fourth-order valence-electron chi connectivity index (χ4n) is 5.28. The Morgan fingerprint density at radius 2 is 1.93 bits per heavy atom. The molecule has 2 aliphatic rings. The minimum atomic E-state index is -0.250. The van der Waals surface area contributed by atoms with E-state index in [1.54, 1.807) is 24.3 Å². The van der Waals surface area contributed by atoms with Crippen molar-refractivity contribution in [1.29, 1.82) is 5.26 Å². The molecule has 0 saturated carbocycles. The summed E-state index contributed by atoms with van der Waals surface area (Å²) in [5, 5.41) is 20.7. The molecule has 1 aromatic heterocycles. The van der Waals surface area contributed by atoms with Crippen molar-refractivity contribution in [3.8, 4) is 17.6 Å². The number of fused-ring (bicyclic) bond motifs is 1. The lowest BCUT2D eigenvalue weighted by Crippen LogP contribution is -2.24. The third-order valence-electron chi connectivity index (χ3n) is 7.57. The van der Waals surface area contributed by atoms with Crippen LogP contribution >= 0.6 is 11.6 Å². The fourth-order valence-corrected chi connectivity index (χ4v) is 5.52. The molecular weight excluding hydrogens is 578 g/mol. The largest absolute Gasteiger partial charge is 0.487 e. The molecule has 224 valence electrons. The fraction of sp³-hybridized carbons (Fsp3) is 0.265.